The van der Waals surface area contributed by atoms with E-state index >= 15 is 0 Å². The number of nitrogens with zero attached hydrogens (tertiary/aromatic N) is 2. The van der Waals surface area contributed by atoms with Crippen LogP contribution in [-0.2, 0) is 4.74 Å². The molecular weight excluding hydrogens is 242 g/mol. The largest absolute Gasteiger partial charge is 0.394 e. The van der Waals surface area contributed by atoms with E-state index in [9.17, 15) is 0 Å². The van der Waals surface area contributed by atoms with E-state index in [0.717, 1.165) is 37.3 Å². The number of aliphatic hydroxyl groups is 1. The molecule has 2 rings (SSSR count). The molecule has 0 bridgehead atoms. The van der Waals surface area contributed by atoms with Crippen LogP contribution in [0.2, 0.25) is 0 Å². The number of hydrogen-bond acceptors (Lipinski definition) is 5. The van der Waals surface area contributed by atoms with Crippen LogP contribution in [-0.4, -0.2) is 42.5 Å². The van der Waals surface area contributed by atoms with Gasteiger partial charge in [-0.15, -0.1) is 0 Å². The Morgan fingerprint density at radius 3 is 2.74 bits per heavy atom. The second-order valence-corrected chi connectivity index (χ2v) is 5.01. The van der Waals surface area contributed by atoms with Crippen molar-refractivity contribution >= 4 is 5.69 Å². The Labute approximate surface area is 114 Å². The molecule has 0 radical (unpaired) electrons. The number of aromatic nitrogens is 1. The minimum Gasteiger partial charge on any atom is -0.394 e. The van der Waals surface area contributed by atoms with Crippen LogP contribution in [0.1, 0.15) is 31.5 Å². The Hall–Kier alpha value is -1.17. The number of aliphatic hydroxyl groups excluding tert-OH is 1. The molecule has 1 aromatic rings. The summed E-state index contributed by atoms with van der Waals surface area (Å²) in [7, 11) is 0. The summed E-state index contributed by atoms with van der Waals surface area (Å²) in [5.74, 6) is 0. The van der Waals surface area contributed by atoms with Gasteiger partial charge in [0, 0.05) is 19.1 Å². The number of ether oxygens (including phenoxy) is 1. The fourth-order valence-electron chi connectivity index (χ4n) is 2.35. The van der Waals surface area contributed by atoms with Crippen LogP contribution in [0.25, 0.3) is 0 Å². The van der Waals surface area contributed by atoms with Crippen LogP contribution < -0.4 is 10.6 Å². The van der Waals surface area contributed by atoms with Crippen molar-refractivity contribution in [3.05, 3.63) is 24.0 Å². The van der Waals surface area contributed by atoms with Gasteiger partial charge >= 0.3 is 0 Å². The van der Waals surface area contributed by atoms with Crippen LogP contribution >= 0.6 is 0 Å². The molecular formula is C14H23N3O2. The Kier molecular flexibility index (Phi) is 5.13. The number of rotatable bonds is 5. The summed E-state index contributed by atoms with van der Waals surface area (Å²) in [6.45, 7) is 4.41. The van der Waals surface area contributed by atoms with Crippen molar-refractivity contribution in [2.45, 2.75) is 31.9 Å². The molecule has 0 saturated carbocycles. The molecule has 1 atom stereocenters. The van der Waals surface area contributed by atoms with Crippen LogP contribution in [0.4, 0.5) is 5.69 Å². The van der Waals surface area contributed by atoms with Gasteiger partial charge in [0.25, 0.3) is 0 Å². The molecule has 5 nitrogen and oxygen atoms in total. The summed E-state index contributed by atoms with van der Waals surface area (Å²) in [5, 5.41) is 8.74. The number of nitrogens with two attached hydrogens (primary N) is 1. The van der Waals surface area contributed by atoms with Crippen molar-refractivity contribution in [2.75, 3.05) is 31.2 Å². The average Bonchev–Trinajstić information content (AvgIpc) is 2.46. The van der Waals surface area contributed by atoms with E-state index in [1.165, 1.54) is 0 Å². The summed E-state index contributed by atoms with van der Waals surface area (Å²) in [5.41, 5.74) is 7.86. The predicted molar refractivity (Wildman–Crippen MR) is 75.1 cm³/mol. The van der Waals surface area contributed by atoms with Gasteiger partial charge in [0.05, 0.1) is 36.9 Å². The van der Waals surface area contributed by atoms with Crippen molar-refractivity contribution in [2.24, 2.45) is 5.73 Å². The van der Waals surface area contributed by atoms with E-state index in [-0.39, 0.29) is 18.8 Å². The topological polar surface area (TPSA) is 71.6 Å². The van der Waals surface area contributed by atoms with E-state index < -0.39 is 0 Å². The number of hydrogen-bond donors (Lipinski definition) is 2. The first-order valence-corrected chi connectivity index (χ1v) is 6.89. The first-order valence-electron chi connectivity index (χ1n) is 6.89. The van der Waals surface area contributed by atoms with Crippen molar-refractivity contribution < 1.29 is 9.84 Å². The number of pyridine rings is 1. The lowest BCUT2D eigenvalue weighted by Crippen LogP contribution is -2.37. The maximum absolute atomic E-state index is 8.74. The predicted octanol–water partition coefficient (Wildman–Crippen LogP) is 1.08. The molecule has 0 unspecified atom stereocenters. The van der Waals surface area contributed by atoms with E-state index in [1.807, 2.05) is 19.2 Å². The van der Waals surface area contributed by atoms with Crippen LogP contribution in [0, 0.1) is 0 Å². The van der Waals surface area contributed by atoms with Gasteiger partial charge in [-0.2, -0.15) is 0 Å². The third-order valence-corrected chi connectivity index (χ3v) is 3.49. The van der Waals surface area contributed by atoms with Crippen LogP contribution in [0.5, 0.6) is 0 Å². The molecule has 0 aliphatic carbocycles. The summed E-state index contributed by atoms with van der Waals surface area (Å²) >= 11 is 0. The minimum absolute atomic E-state index is 0.0216. The summed E-state index contributed by atoms with van der Waals surface area (Å²) in [6, 6.07) is 4.06. The van der Waals surface area contributed by atoms with Crippen molar-refractivity contribution in [3.8, 4) is 0 Å². The van der Waals surface area contributed by atoms with Gasteiger partial charge in [-0.05, 0) is 31.9 Å². The summed E-state index contributed by atoms with van der Waals surface area (Å²) in [6.07, 6.45) is 4.16. The Bertz CT molecular complexity index is 373. The highest BCUT2D eigenvalue weighted by Crippen LogP contribution is 2.21. The van der Waals surface area contributed by atoms with Crippen LogP contribution in [0.3, 0.4) is 0 Å². The molecule has 106 valence electrons. The highest BCUT2D eigenvalue weighted by atomic mass is 16.5. The molecule has 19 heavy (non-hydrogen) atoms. The van der Waals surface area contributed by atoms with Gasteiger partial charge in [-0.25, -0.2) is 0 Å². The molecule has 0 aromatic carbocycles. The second-order valence-electron chi connectivity index (χ2n) is 5.01. The number of anilines is 1. The minimum atomic E-state index is -0.0216. The second kappa shape index (κ2) is 6.84. The lowest BCUT2D eigenvalue weighted by atomic mass is 10.1. The highest BCUT2D eigenvalue weighted by molar-refractivity contribution is 5.45. The van der Waals surface area contributed by atoms with Gasteiger partial charge in [0.15, 0.2) is 0 Å². The molecule has 1 fully saturated rings. The van der Waals surface area contributed by atoms with Crippen molar-refractivity contribution in [1.82, 2.24) is 4.98 Å². The van der Waals surface area contributed by atoms with E-state index in [4.69, 9.17) is 15.6 Å². The highest BCUT2D eigenvalue weighted by Gasteiger charge is 2.19. The van der Waals surface area contributed by atoms with E-state index in [2.05, 4.69) is 16.0 Å². The SMILES string of the molecule is C[C@@H](N)c1ccc(N2CCC(OCCO)CC2)cn1. The fraction of sp³-hybridized carbons (Fsp3) is 0.643. The van der Waals surface area contributed by atoms with Crippen molar-refractivity contribution in [1.29, 1.82) is 0 Å². The zero-order valence-electron chi connectivity index (χ0n) is 11.5. The average molecular weight is 265 g/mol. The molecule has 1 aliphatic rings. The molecule has 1 saturated heterocycles. The smallest absolute Gasteiger partial charge is 0.0701 e. The molecule has 5 heteroatoms. The molecule has 0 amide bonds. The third-order valence-electron chi connectivity index (χ3n) is 3.49. The number of piperidine rings is 1. The third kappa shape index (κ3) is 3.89. The maximum Gasteiger partial charge on any atom is 0.0701 e. The monoisotopic (exact) mass is 265 g/mol. The fourth-order valence-corrected chi connectivity index (χ4v) is 2.35. The van der Waals surface area contributed by atoms with Crippen LogP contribution in [0.15, 0.2) is 18.3 Å². The molecule has 3 N–H and O–H groups in total. The molecule has 0 spiro atoms. The normalized spacial score (nSPS) is 18.6. The van der Waals surface area contributed by atoms with Gasteiger partial charge in [0.2, 0.25) is 0 Å². The lowest BCUT2D eigenvalue weighted by molar-refractivity contribution is 0.0159. The Morgan fingerprint density at radius 1 is 1.47 bits per heavy atom. The first kappa shape index (κ1) is 14.2. The standard InChI is InChI=1S/C14H23N3O2/c1-11(15)14-3-2-12(10-16-14)17-6-4-13(5-7-17)19-9-8-18/h2-3,10-11,13,18H,4-9,15H2,1H3/t11-/m1/s1. The molecule has 1 aromatic heterocycles. The first-order chi connectivity index (χ1) is 9.20. The maximum atomic E-state index is 8.74. The zero-order valence-corrected chi connectivity index (χ0v) is 11.5. The quantitative estimate of drug-likeness (QED) is 0.833. The van der Waals surface area contributed by atoms with E-state index in [1.54, 1.807) is 0 Å². The molecule has 2 heterocycles. The summed E-state index contributed by atoms with van der Waals surface area (Å²) < 4.78 is 5.56. The zero-order chi connectivity index (χ0) is 13.7. The van der Waals surface area contributed by atoms with Gasteiger partial charge in [-0.3, -0.25) is 4.98 Å². The Morgan fingerprint density at radius 2 is 2.21 bits per heavy atom. The Balaban J connectivity index is 1.87. The van der Waals surface area contributed by atoms with Crippen molar-refractivity contribution in [3.63, 3.8) is 0 Å². The van der Waals surface area contributed by atoms with Gasteiger partial charge < -0.3 is 20.5 Å². The van der Waals surface area contributed by atoms with E-state index in [0.29, 0.717) is 6.61 Å². The lowest BCUT2D eigenvalue weighted by Gasteiger charge is -2.33. The summed E-state index contributed by atoms with van der Waals surface area (Å²) in [4.78, 5) is 6.71. The molecule has 1 aliphatic heterocycles. The van der Waals surface area contributed by atoms with Gasteiger partial charge in [0.1, 0.15) is 0 Å². The van der Waals surface area contributed by atoms with Gasteiger partial charge in [-0.1, -0.05) is 0 Å².